The number of hydrogen-bond acceptors (Lipinski definition) is 5. The van der Waals surface area contributed by atoms with E-state index in [4.69, 9.17) is 32.7 Å². The molecule has 0 radical (unpaired) electrons. The fourth-order valence-corrected chi connectivity index (χ4v) is 3.14. The summed E-state index contributed by atoms with van der Waals surface area (Å²) >= 11 is 15.1. The second-order valence-electron chi connectivity index (χ2n) is 6.16. The zero-order chi connectivity index (χ0) is 22.8. The van der Waals surface area contributed by atoms with E-state index in [1.807, 2.05) is 0 Å². The van der Waals surface area contributed by atoms with E-state index >= 15 is 0 Å². The maximum absolute atomic E-state index is 12.4. The Hall–Kier alpha value is -2.33. The molecule has 0 fully saturated rings. The van der Waals surface area contributed by atoms with Crippen molar-refractivity contribution in [3.8, 4) is 5.75 Å². The number of methoxy groups -OCH3 is 1. The number of hydrogen-bond donors (Lipinski definition) is 3. The number of benzene rings is 2. The number of nitrogens with one attached hydrogen (secondary N) is 3. The fraction of sp³-hybridized carbons (Fsp3) is 0.250. The lowest BCUT2D eigenvalue weighted by Crippen LogP contribution is -2.42. The van der Waals surface area contributed by atoms with Gasteiger partial charge in [-0.3, -0.25) is 25.2 Å². The van der Waals surface area contributed by atoms with Crippen molar-refractivity contribution >= 4 is 62.5 Å². The molecule has 2 aromatic carbocycles. The molecule has 8 nitrogen and oxygen atoms in total. The second kappa shape index (κ2) is 12.5. The Morgan fingerprint density at radius 2 is 1.71 bits per heavy atom. The van der Waals surface area contributed by atoms with E-state index in [9.17, 15) is 14.4 Å². The Bertz CT molecular complexity index is 958. The van der Waals surface area contributed by atoms with Gasteiger partial charge in [-0.25, -0.2) is 0 Å². The summed E-state index contributed by atoms with van der Waals surface area (Å²) in [7, 11) is 1.54. The monoisotopic (exact) mass is 531 g/mol. The summed E-state index contributed by atoms with van der Waals surface area (Å²) in [6.45, 7) is 0.620. The summed E-state index contributed by atoms with van der Waals surface area (Å²) in [5.74, 6) is -1.18. The summed E-state index contributed by atoms with van der Waals surface area (Å²) < 4.78 is 11.1. The Morgan fingerprint density at radius 3 is 2.42 bits per heavy atom. The van der Waals surface area contributed by atoms with Crippen LogP contribution in [0, 0.1) is 0 Å². The summed E-state index contributed by atoms with van der Waals surface area (Å²) in [4.78, 5) is 36.5. The van der Waals surface area contributed by atoms with Crippen LogP contribution in [0.4, 0.5) is 5.69 Å². The third-order valence-electron chi connectivity index (χ3n) is 3.83. The van der Waals surface area contributed by atoms with Crippen LogP contribution in [0.2, 0.25) is 10.0 Å². The zero-order valence-electron chi connectivity index (χ0n) is 16.5. The first-order chi connectivity index (χ1) is 14.8. The van der Waals surface area contributed by atoms with Gasteiger partial charge in [0.1, 0.15) is 12.4 Å². The Kier molecular flexibility index (Phi) is 10.1. The van der Waals surface area contributed by atoms with Crippen molar-refractivity contribution in [2.24, 2.45) is 0 Å². The average Bonchev–Trinajstić information content (AvgIpc) is 2.73. The van der Waals surface area contributed by atoms with Crippen LogP contribution in [0.5, 0.6) is 5.75 Å². The highest BCUT2D eigenvalue weighted by molar-refractivity contribution is 9.10. The molecule has 3 N–H and O–H groups in total. The number of amides is 3. The largest absolute Gasteiger partial charge is 0.490 e. The Morgan fingerprint density at radius 1 is 0.968 bits per heavy atom. The van der Waals surface area contributed by atoms with E-state index in [2.05, 4.69) is 32.1 Å². The third kappa shape index (κ3) is 8.37. The normalized spacial score (nSPS) is 10.3. The number of hydrazine groups is 1. The molecule has 0 unspecified atom stereocenters. The van der Waals surface area contributed by atoms with E-state index in [0.717, 1.165) is 0 Å². The SMILES string of the molecule is COCCOc1ccc(Br)cc1C(=O)NNC(=O)CCC(=O)Nc1ccc(Cl)cc1Cl. The first-order valence-corrected chi connectivity index (χ1v) is 10.6. The van der Waals surface area contributed by atoms with Crippen LogP contribution in [-0.4, -0.2) is 38.0 Å². The number of carbonyl (C=O) groups is 3. The van der Waals surface area contributed by atoms with Gasteiger partial charge in [-0.05, 0) is 36.4 Å². The lowest BCUT2D eigenvalue weighted by atomic mass is 10.2. The Balaban J connectivity index is 1.83. The zero-order valence-corrected chi connectivity index (χ0v) is 19.6. The van der Waals surface area contributed by atoms with Gasteiger partial charge in [0.25, 0.3) is 5.91 Å². The van der Waals surface area contributed by atoms with Gasteiger partial charge in [-0.15, -0.1) is 0 Å². The van der Waals surface area contributed by atoms with E-state index < -0.39 is 17.7 Å². The lowest BCUT2D eigenvalue weighted by molar-refractivity contribution is -0.124. The molecule has 0 aromatic heterocycles. The highest BCUT2D eigenvalue weighted by atomic mass is 79.9. The predicted octanol–water partition coefficient (Wildman–Crippen LogP) is 3.96. The number of anilines is 1. The fourth-order valence-electron chi connectivity index (χ4n) is 2.33. The maximum atomic E-state index is 12.4. The highest BCUT2D eigenvalue weighted by Gasteiger charge is 2.15. The number of carbonyl (C=O) groups excluding carboxylic acids is 3. The van der Waals surface area contributed by atoms with Crippen molar-refractivity contribution in [3.05, 3.63) is 56.5 Å². The van der Waals surface area contributed by atoms with E-state index in [1.54, 1.807) is 37.4 Å². The topological polar surface area (TPSA) is 106 Å². The van der Waals surface area contributed by atoms with Gasteiger partial charge in [-0.2, -0.15) is 0 Å². The van der Waals surface area contributed by atoms with Gasteiger partial charge in [-0.1, -0.05) is 39.1 Å². The molecular formula is C20H20BrCl2N3O5. The minimum absolute atomic E-state index is 0.108. The van der Waals surface area contributed by atoms with Gasteiger partial charge >= 0.3 is 0 Å². The van der Waals surface area contributed by atoms with E-state index in [1.165, 1.54) is 6.07 Å². The van der Waals surface area contributed by atoms with E-state index in [-0.39, 0.29) is 30.0 Å². The first-order valence-electron chi connectivity index (χ1n) is 9.05. The highest BCUT2D eigenvalue weighted by Crippen LogP contribution is 2.25. The smallest absolute Gasteiger partial charge is 0.273 e. The van der Waals surface area contributed by atoms with Crippen LogP contribution in [0.25, 0.3) is 0 Å². The summed E-state index contributed by atoms with van der Waals surface area (Å²) in [5.41, 5.74) is 5.20. The summed E-state index contributed by atoms with van der Waals surface area (Å²) in [6, 6.07) is 9.56. The van der Waals surface area contributed by atoms with Crippen LogP contribution < -0.4 is 20.9 Å². The second-order valence-corrected chi connectivity index (χ2v) is 7.92. The molecule has 0 aliphatic carbocycles. The van der Waals surface area contributed by atoms with Crippen LogP contribution in [0.1, 0.15) is 23.2 Å². The number of ether oxygens (including phenoxy) is 2. The summed E-state index contributed by atoms with van der Waals surface area (Å²) in [6.07, 6.45) is -0.254. The van der Waals surface area contributed by atoms with Crippen LogP contribution in [0.3, 0.4) is 0 Å². The predicted molar refractivity (Wildman–Crippen MR) is 121 cm³/mol. The van der Waals surface area contributed by atoms with Gasteiger partial charge in [0.15, 0.2) is 0 Å². The molecule has 0 aliphatic heterocycles. The molecular weight excluding hydrogens is 513 g/mol. The minimum atomic E-state index is -0.570. The van der Waals surface area contributed by atoms with Crippen molar-refractivity contribution in [1.82, 2.24) is 10.9 Å². The molecule has 0 aliphatic rings. The molecule has 0 heterocycles. The number of halogens is 3. The van der Waals surface area contributed by atoms with Crippen molar-refractivity contribution < 1.29 is 23.9 Å². The molecule has 0 saturated carbocycles. The van der Waals surface area contributed by atoms with Crippen LogP contribution in [-0.2, 0) is 14.3 Å². The maximum Gasteiger partial charge on any atom is 0.273 e. The van der Waals surface area contributed by atoms with Crippen molar-refractivity contribution in [2.75, 3.05) is 25.6 Å². The molecule has 0 atom stereocenters. The third-order valence-corrected chi connectivity index (χ3v) is 4.87. The van der Waals surface area contributed by atoms with Crippen LogP contribution in [0.15, 0.2) is 40.9 Å². The molecule has 11 heteroatoms. The van der Waals surface area contributed by atoms with Crippen molar-refractivity contribution in [3.63, 3.8) is 0 Å². The van der Waals surface area contributed by atoms with E-state index in [0.29, 0.717) is 27.5 Å². The van der Waals surface area contributed by atoms with Crippen molar-refractivity contribution in [2.45, 2.75) is 12.8 Å². The van der Waals surface area contributed by atoms with Gasteiger partial charge in [0.05, 0.1) is 22.9 Å². The van der Waals surface area contributed by atoms with Gasteiger partial charge in [0.2, 0.25) is 11.8 Å². The standard InChI is InChI=1S/C20H20BrCl2N3O5/c1-30-8-9-31-17-5-2-12(21)10-14(17)20(29)26-25-19(28)7-6-18(27)24-16-4-3-13(22)11-15(16)23/h2-5,10-11H,6-9H2,1H3,(H,24,27)(H,25,28)(H,26,29). The molecule has 0 spiro atoms. The van der Waals surface area contributed by atoms with Crippen molar-refractivity contribution in [1.29, 1.82) is 0 Å². The molecule has 2 aromatic rings. The quantitative estimate of drug-likeness (QED) is 0.335. The molecule has 0 bridgehead atoms. The lowest BCUT2D eigenvalue weighted by Gasteiger charge is -2.13. The minimum Gasteiger partial charge on any atom is -0.490 e. The molecule has 3 amide bonds. The Labute approximate surface area is 197 Å². The molecule has 31 heavy (non-hydrogen) atoms. The molecule has 0 saturated heterocycles. The van der Waals surface area contributed by atoms with Gasteiger partial charge in [0, 0.05) is 29.4 Å². The number of rotatable bonds is 9. The van der Waals surface area contributed by atoms with Gasteiger partial charge < -0.3 is 14.8 Å². The molecule has 166 valence electrons. The first kappa shape index (κ1) is 24.9. The average molecular weight is 533 g/mol. The molecule has 2 rings (SSSR count). The summed E-state index contributed by atoms with van der Waals surface area (Å²) in [5, 5.41) is 3.32. The van der Waals surface area contributed by atoms with Crippen LogP contribution >= 0.6 is 39.1 Å².